The van der Waals surface area contributed by atoms with Crippen LogP contribution in [0.25, 0.3) is 0 Å². The summed E-state index contributed by atoms with van der Waals surface area (Å²) in [6, 6.07) is 0. The minimum Gasteiger partial charge on any atom is -0.598 e. The maximum Gasteiger partial charge on any atom is 0.216 e. The van der Waals surface area contributed by atoms with Crippen LogP contribution in [-0.4, -0.2) is 17.1 Å². The van der Waals surface area contributed by atoms with Crippen LogP contribution in [0.4, 0.5) is 8.87 Å². The third kappa shape index (κ3) is 5.13. The molecule has 0 spiro atoms. The van der Waals surface area contributed by atoms with Gasteiger partial charge in [-0.1, -0.05) is 4.86 Å². The summed E-state index contributed by atoms with van der Waals surface area (Å²) in [6.45, 7) is 1.76. The first-order valence-electron chi connectivity index (χ1n) is 2.41. The van der Waals surface area contributed by atoms with Gasteiger partial charge in [0.15, 0.2) is 11.0 Å². The smallest absolute Gasteiger partial charge is 0.216 e. The lowest BCUT2D eigenvalue weighted by atomic mass is 10.2. The van der Waals surface area contributed by atoms with E-state index in [9.17, 15) is 14.1 Å². The lowest BCUT2D eigenvalue weighted by Crippen LogP contribution is -2.24. The molecule has 0 saturated heterocycles. The minimum absolute atomic E-state index is 0.333. The summed E-state index contributed by atoms with van der Waals surface area (Å²) in [5.74, 6) is 0. The quantitative estimate of drug-likeness (QED) is 0.324. The molecule has 54 valence electrons. The molecule has 0 aliphatic carbocycles. The molecule has 0 saturated carbocycles. The van der Waals surface area contributed by atoms with Gasteiger partial charge in [0.2, 0.25) is 6.54 Å². The fourth-order valence-corrected chi connectivity index (χ4v) is 0.348. The molecule has 0 aromatic rings. The van der Waals surface area contributed by atoms with Gasteiger partial charge in [0.1, 0.15) is 0 Å². The van der Waals surface area contributed by atoms with Crippen LogP contribution in [0.3, 0.4) is 0 Å². The van der Waals surface area contributed by atoms with Crippen LogP contribution in [0, 0.1) is 5.21 Å². The highest BCUT2D eigenvalue weighted by Gasteiger charge is 2.21. The van der Waals surface area contributed by atoms with E-state index in [0.29, 0.717) is 0 Å². The SMILES string of the molecule is CC(C)(F)C[N+]([O-])=NF. The molecular formula is C4H8F2N2O. The molecule has 3 nitrogen and oxygen atoms in total. The number of hydrogen-bond donors (Lipinski definition) is 0. The zero-order valence-electron chi connectivity index (χ0n) is 5.27. The van der Waals surface area contributed by atoms with Gasteiger partial charge >= 0.3 is 0 Å². The molecule has 0 N–H and O–H groups in total. The standard InChI is InChI=1S/C4H8F2N2O/c1-4(2,5)3-8(9)7-6/h3H2,1-2H3. The molecule has 0 aromatic carbocycles. The van der Waals surface area contributed by atoms with Crippen molar-refractivity contribution in [2.24, 2.45) is 5.34 Å². The molecular weight excluding hydrogens is 130 g/mol. The van der Waals surface area contributed by atoms with E-state index < -0.39 is 12.2 Å². The summed E-state index contributed by atoms with van der Waals surface area (Å²) < 4.78 is 23.3. The van der Waals surface area contributed by atoms with E-state index in [4.69, 9.17) is 0 Å². The molecule has 9 heavy (non-hydrogen) atoms. The zero-order chi connectivity index (χ0) is 7.49. The molecule has 0 fully saturated rings. The maximum atomic E-state index is 12.4. The van der Waals surface area contributed by atoms with E-state index in [0.717, 1.165) is 0 Å². The molecule has 0 bridgehead atoms. The van der Waals surface area contributed by atoms with Crippen molar-refractivity contribution in [3.05, 3.63) is 5.21 Å². The molecule has 5 heteroatoms. The lowest BCUT2D eigenvalue weighted by Gasteiger charge is -2.08. The van der Waals surface area contributed by atoms with Crippen LogP contribution in [0.1, 0.15) is 13.8 Å². The third-order valence-corrected chi connectivity index (χ3v) is 0.596. The molecule has 0 aromatic heterocycles. The van der Waals surface area contributed by atoms with Crippen LogP contribution in [0.2, 0.25) is 0 Å². The van der Waals surface area contributed by atoms with E-state index in [1.807, 2.05) is 0 Å². The van der Waals surface area contributed by atoms with Gasteiger partial charge in [-0.25, -0.2) is 4.39 Å². The summed E-state index contributed by atoms with van der Waals surface area (Å²) in [5, 5.41) is 11.7. The fraction of sp³-hybridized carbons (Fsp3) is 1.00. The number of nitrogens with zero attached hydrogens (tertiary/aromatic N) is 2. The van der Waals surface area contributed by atoms with Crippen LogP contribution in [0.15, 0.2) is 5.34 Å². The monoisotopic (exact) mass is 138 g/mol. The number of alkyl halides is 1. The van der Waals surface area contributed by atoms with Gasteiger partial charge in [0, 0.05) is 0 Å². The summed E-state index contributed by atoms with van der Waals surface area (Å²) in [5.41, 5.74) is -1.70. The Labute approximate surface area is 51.5 Å². The van der Waals surface area contributed by atoms with Crippen molar-refractivity contribution < 1.29 is 13.7 Å². The number of hydrogen-bond acceptors (Lipinski definition) is 2. The molecule has 0 amide bonds. The minimum atomic E-state index is -1.70. The van der Waals surface area contributed by atoms with Gasteiger partial charge < -0.3 is 5.21 Å². The highest BCUT2D eigenvalue weighted by atomic mass is 19.2. The predicted molar refractivity (Wildman–Crippen MR) is 27.2 cm³/mol. The van der Waals surface area contributed by atoms with Gasteiger partial charge in [0.25, 0.3) is 0 Å². The summed E-state index contributed by atoms with van der Waals surface area (Å²) in [7, 11) is 0. The molecule has 0 unspecified atom stereocenters. The van der Waals surface area contributed by atoms with Gasteiger partial charge in [-0.2, -0.15) is 0 Å². The summed E-state index contributed by atoms with van der Waals surface area (Å²) in [4.78, 5) is -0.333. The molecule has 0 atom stereocenters. The number of rotatable bonds is 2. The second-order valence-electron chi connectivity index (χ2n) is 2.30. The van der Waals surface area contributed by atoms with Crippen LogP contribution in [0.5, 0.6) is 0 Å². The molecule has 0 aliphatic rings. The number of hydroxylamine groups is 1. The molecule has 0 radical (unpaired) electrons. The first-order chi connectivity index (χ1) is 3.95. The van der Waals surface area contributed by atoms with E-state index in [1.54, 1.807) is 5.34 Å². The Morgan fingerprint density at radius 2 is 2.11 bits per heavy atom. The van der Waals surface area contributed by atoms with E-state index >= 15 is 0 Å². The van der Waals surface area contributed by atoms with Gasteiger partial charge in [-0.05, 0) is 18.3 Å². The van der Waals surface area contributed by atoms with Crippen molar-refractivity contribution in [2.75, 3.05) is 6.54 Å². The van der Waals surface area contributed by atoms with Crippen molar-refractivity contribution in [2.45, 2.75) is 19.5 Å². The van der Waals surface area contributed by atoms with E-state index in [2.05, 4.69) is 0 Å². The van der Waals surface area contributed by atoms with Gasteiger partial charge in [-0.15, -0.1) is 0 Å². The van der Waals surface area contributed by atoms with Crippen molar-refractivity contribution in [1.82, 2.24) is 0 Å². The van der Waals surface area contributed by atoms with Crippen molar-refractivity contribution in [3.63, 3.8) is 0 Å². The molecule has 0 heterocycles. The predicted octanol–water partition coefficient (Wildman–Crippen LogP) is 1.58. The van der Waals surface area contributed by atoms with Gasteiger partial charge in [0.05, 0.1) is 0 Å². The average Bonchev–Trinajstić information content (AvgIpc) is 1.62. The first-order valence-corrected chi connectivity index (χ1v) is 2.41. The van der Waals surface area contributed by atoms with Crippen molar-refractivity contribution in [3.8, 4) is 0 Å². The Balaban J connectivity index is 3.75. The largest absolute Gasteiger partial charge is 0.598 e. The highest BCUT2D eigenvalue weighted by molar-refractivity contribution is 4.61. The van der Waals surface area contributed by atoms with Crippen LogP contribution in [-0.2, 0) is 0 Å². The van der Waals surface area contributed by atoms with Crippen molar-refractivity contribution in [1.29, 1.82) is 0 Å². The second-order valence-corrected chi connectivity index (χ2v) is 2.30. The highest BCUT2D eigenvalue weighted by Crippen LogP contribution is 2.07. The van der Waals surface area contributed by atoms with Gasteiger partial charge in [-0.3, -0.25) is 0 Å². The average molecular weight is 138 g/mol. The van der Waals surface area contributed by atoms with E-state index in [1.165, 1.54) is 13.8 Å². The Morgan fingerprint density at radius 3 is 2.22 bits per heavy atom. The third-order valence-electron chi connectivity index (χ3n) is 0.596. The van der Waals surface area contributed by atoms with Crippen molar-refractivity contribution >= 4 is 0 Å². The second kappa shape index (κ2) is 2.70. The molecule has 0 aliphatic heterocycles. The van der Waals surface area contributed by atoms with Crippen LogP contribution < -0.4 is 0 Å². The Hall–Kier alpha value is -0.740. The first kappa shape index (κ1) is 8.26. The number of halogens is 2. The van der Waals surface area contributed by atoms with Crippen LogP contribution >= 0.6 is 0 Å². The Bertz CT molecular complexity index is 118. The Morgan fingerprint density at radius 1 is 1.67 bits per heavy atom. The zero-order valence-corrected chi connectivity index (χ0v) is 5.27. The fourth-order valence-electron chi connectivity index (χ4n) is 0.348. The lowest BCUT2D eigenvalue weighted by molar-refractivity contribution is -0.558. The summed E-state index contributed by atoms with van der Waals surface area (Å²) >= 11 is 0. The summed E-state index contributed by atoms with van der Waals surface area (Å²) in [6.07, 6.45) is 0. The maximum absolute atomic E-state index is 12.4. The molecule has 0 rings (SSSR count). The topological polar surface area (TPSA) is 38.4 Å². The Kier molecular flexibility index (Phi) is 2.48. The van der Waals surface area contributed by atoms with E-state index in [-0.39, 0.29) is 4.86 Å². The normalized spacial score (nSPS) is 14.0.